The van der Waals surface area contributed by atoms with Crippen molar-refractivity contribution in [2.24, 2.45) is 0 Å². The van der Waals surface area contributed by atoms with Crippen LogP contribution in [0, 0.1) is 0 Å². The van der Waals surface area contributed by atoms with Crippen molar-refractivity contribution in [2.45, 2.75) is 50.9 Å². The van der Waals surface area contributed by atoms with Crippen LogP contribution in [0.15, 0.2) is 72.8 Å². The van der Waals surface area contributed by atoms with Crippen molar-refractivity contribution in [3.63, 3.8) is 0 Å². The van der Waals surface area contributed by atoms with Gasteiger partial charge in [0.25, 0.3) is 0 Å². The zero-order chi connectivity index (χ0) is 27.6. The van der Waals surface area contributed by atoms with E-state index in [4.69, 9.17) is 4.74 Å². The van der Waals surface area contributed by atoms with Crippen LogP contribution in [0.4, 0.5) is 0 Å². The molecule has 39 heavy (non-hydrogen) atoms. The van der Waals surface area contributed by atoms with Crippen LogP contribution in [-0.4, -0.2) is 55.0 Å². The van der Waals surface area contributed by atoms with E-state index in [1.54, 1.807) is 6.92 Å². The maximum Gasteiger partial charge on any atom is 0.243 e. The lowest BCUT2D eigenvalue weighted by Gasteiger charge is -2.28. The SMILES string of the molecule is CC(NC(=O)C(CC(=O)NC1COC1)NC(=O)CCc1ccccc1)C(=O)NCc1cccc2ccccc12. The number of carbonyl (C=O) groups excluding carboxylic acids is 4. The van der Waals surface area contributed by atoms with Crippen LogP contribution in [0.3, 0.4) is 0 Å². The fourth-order valence-corrected chi connectivity index (χ4v) is 4.33. The summed E-state index contributed by atoms with van der Waals surface area (Å²) in [5.74, 6) is -1.70. The largest absolute Gasteiger partial charge is 0.377 e. The highest BCUT2D eigenvalue weighted by atomic mass is 16.5. The fraction of sp³-hybridized carbons (Fsp3) is 0.333. The highest BCUT2D eigenvalue weighted by molar-refractivity contribution is 5.95. The van der Waals surface area contributed by atoms with Crippen LogP contribution in [0.25, 0.3) is 10.8 Å². The highest BCUT2D eigenvalue weighted by Crippen LogP contribution is 2.18. The zero-order valence-corrected chi connectivity index (χ0v) is 21.9. The molecule has 4 rings (SSSR count). The second kappa shape index (κ2) is 13.5. The Kier molecular flexibility index (Phi) is 9.64. The Labute approximate surface area is 227 Å². The molecular formula is C30H34N4O5. The molecule has 2 atom stereocenters. The van der Waals surface area contributed by atoms with Crippen molar-refractivity contribution >= 4 is 34.4 Å². The van der Waals surface area contributed by atoms with Crippen LogP contribution < -0.4 is 21.3 Å². The van der Waals surface area contributed by atoms with Gasteiger partial charge in [0.05, 0.1) is 25.7 Å². The van der Waals surface area contributed by atoms with E-state index < -0.39 is 18.0 Å². The molecule has 1 saturated heterocycles. The van der Waals surface area contributed by atoms with E-state index in [9.17, 15) is 19.2 Å². The van der Waals surface area contributed by atoms with Crippen molar-refractivity contribution in [3.8, 4) is 0 Å². The summed E-state index contributed by atoms with van der Waals surface area (Å²) >= 11 is 0. The number of carbonyl (C=O) groups is 4. The summed E-state index contributed by atoms with van der Waals surface area (Å²) in [7, 11) is 0. The number of amides is 4. The Morgan fingerprint density at radius 2 is 1.56 bits per heavy atom. The van der Waals surface area contributed by atoms with E-state index in [0.29, 0.717) is 26.2 Å². The number of fused-ring (bicyclic) bond motifs is 1. The predicted molar refractivity (Wildman–Crippen MR) is 147 cm³/mol. The maximum absolute atomic E-state index is 13.1. The molecular weight excluding hydrogens is 496 g/mol. The minimum atomic E-state index is -1.12. The van der Waals surface area contributed by atoms with Crippen LogP contribution >= 0.6 is 0 Å². The van der Waals surface area contributed by atoms with Gasteiger partial charge in [-0.3, -0.25) is 19.2 Å². The Hall–Kier alpha value is -4.24. The van der Waals surface area contributed by atoms with E-state index >= 15 is 0 Å². The van der Waals surface area contributed by atoms with Gasteiger partial charge in [0.2, 0.25) is 23.6 Å². The van der Waals surface area contributed by atoms with E-state index in [0.717, 1.165) is 21.9 Å². The summed E-state index contributed by atoms with van der Waals surface area (Å²) in [5, 5.41) is 13.1. The Balaban J connectivity index is 1.33. The van der Waals surface area contributed by atoms with Gasteiger partial charge < -0.3 is 26.0 Å². The summed E-state index contributed by atoms with van der Waals surface area (Å²) in [5.41, 5.74) is 1.95. The van der Waals surface area contributed by atoms with E-state index in [1.165, 1.54) is 0 Å². The Bertz CT molecular complexity index is 1300. The molecule has 1 aliphatic heterocycles. The highest BCUT2D eigenvalue weighted by Gasteiger charge is 2.28. The number of hydrogen-bond donors (Lipinski definition) is 4. The Morgan fingerprint density at radius 1 is 0.846 bits per heavy atom. The molecule has 0 aliphatic carbocycles. The van der Waals surface area contributed by atoms with Crippen molar-refractivity contribution < 1.29 is 23.9 Å². The first-order chi connectivity index (χ1) is 18.9. The van der Waals surface area contributed by atoms with Gasteiger partial charge in [-0.15, -0.1) is 0 Å². The van der Waals surface area contributed by atoms with E-state index in [2.05, 4.69) is 21.3 Å². The second-order valence-electron chi connectivity index (χ2n) is 9.70. The lowest BCUT2D eigenvalue weighted by atomic mass is 10.0. The van der Waals surface area contributed by atoms with Crippen LogP contribution in [-0.2, 0) is 36.9 Å². The smallest absolute Gasteiger partial charge is 0.243 e. The molecule has 3 aromatic carbocycles. The third-order valence-corrected chi connectivity index (χ3v) is 6.61. The topological polar surface area (TPSA) is 126 Å². The minimum absolute atomic E-state index is 0.103. The average molecular weight is 531 g/mol. The monoisotopic (exact) mass is 530 g/mol. The summed E-state index contributed by atoms with van der Waals surface area (Å²) in [6, 6.07) is 21.2. The molecule has 0 radical (unpaired) electrons. The summed E-state index contributed by atoms with van der Waals surface area (Å²) in [4.78, 5) is 51.1. The first-order valence-corrected chi connectivity index (χ1v) is 13.1. The molecule has 4 amide bonds. The molecule has 2 unspecified atom stereocenters. The van der Waals surface area contributed by atoms with Crippen molar-refractivity contribution in [2.75, 3.05) is 13.2 Å². The number of nitrogens with one attached hydrogen (secondary N) is 4. The summed E-state index contributed by atoms with van der Waals surface area (Å²) in [6.07, 6.45) is 0.413. The second-order valence-corrected chi connectivity index (χ2v) is 9.70. The van der Waals surface area contributed by atoms with Gasteiger partial charge in [-0.1, -0.05) is 72.8 Å². The predicted octanol–water partition coefficient (Wildman–Crippen LogP) is 1.98. The molecule has 0 saturated carbocycles. The zero-order valence-electron chi connectivity index (χ0n) is 21.9. The van der Waals surface area contributed by atoms with Gasteiger partial charge in [-0.2, -0.15) is 0 Å². The van der Waals surface area contributed by atoms with Gasteiger partial charge in [-0.05, 0) is 35.2 Å². The molecule has 9 nitrogen and oxygen atoms in total. The number of benzene rings is 3. The number of hydrogen-bond acceptors (Lipinski definition) is 5. The van der Waals surface area contributed by atoms with E-state index in [1.807, 2.05) is 72.8 Å². The molecule has 0 bridgehead atoms. The standard InChI is InChI=1S/C30H34N4O5/c1-20(29(37)31-17-23-12-7-11-22-10-5-6-13-25(22)23)32-30(38)26(16-28(36)33-24-18-39-19-24)34-27(35)15-14-21-8-3-2-4-9-21/h2-13,20,24,26H,14-19H2,1H3,(H,31,37)(H,32,38)(H,33,36)(H,34,35). The molecule has 1 fully saturated rings. The van der Waals surface area contributed by atoms with Crippen molar-refractivity contribution in [3.05, 3.63) is 83.9 Å². The first-order valence-electron chi connectivity index (χ1n) is 13.1. The van der Waals surface area contributed by atoms with Gasteiger partial charge in [0.1, 0.15) is 12.1 Å². The number of ether oxygens (including phenoxy) is 1. The molecule has 1 aliphatic rings. The molecule has 1 heterocycles. The normalized spacial score (nSPS) is 14.5. The summed E-state index contributed by atoms with van der Waals surface area (Å²) < 4.78 is 5.08. The van der Waals surface area contributed by atoms with Gasteiger partial charge in [-0.25, -0.2) is 0 Å². The third kappa shape index (κ3) is 8.12. The average Bonchev–Trinajstić information content (AvgIpc) is 2.92. The van der Waals surface area contributed by atoms with Crippen molar-refractivity contribution in [1.29, 1.82) is 0 Å². The Morgan fingerprint density at radius 3 is 2.31 bits per heavy atom. The van der Waals surface area contributed by atoms with Crippen LogP contribution in [0.2, 0.25) is 0 Å². The molecule has 0 spiro atoms. The van der Waals surface area contributed by atoms with Crippen molar-refractivity contribution in [1.82, 2.24) is 21.3 Å². The first kappa shape index (κ1) is 27.8. The van der Waals surface area contributed by atoms with Gasteiger partial charge >= 0.3 is 0 Å². The van der Waals surface area contributed by atoms with Gasteiger partial charge in [0, 0.05) is 13.0 Å². The fourth-order valence-electron chi connectivity index (χ4n) is 4.33. The molecule has 0 aromatic heterocycles. The molecule has 4 N–H and O–H groups in total. The third-order valence-electron chi connectivity index (χ3n) is 6.61. The molecule has 9 heteroatoms. The van der Waals surface area contributed by atoms with Crippen LogP contribution in [0.5, 0.6) is 0 Å². The lowest BCUT2D eigenvalue weighted by molar-refractivity contribution is -0.134. The van der Waals surface area contributed by atoms with Gasteiger partial charge in [0.15, 0.2) is 0 Å². The lowest BCUT2D eigenvalue weighted by Crippen LogP contribution is -2.55. The van der Waals surface area contributed by atoms with E-state index in [-0.39, 0.29) is 36.6 Å². The quantitative estimate of drug-likeness (QED) is 0.285. The number of rotatable bonds is 12. The van der Waals surface area contributed by atoms with Crippen LogP contribution in [0.1, 0.15) is 30.9 Å². The molecule has 204 valence electrons. The maximum atomic E-state index is 13.1. The molecule has 3 aromatic rings. The minimum Gasteiger partial charge on any atom is -0.377 e. The summed E-state index contributed by atoms with van der Waals surface area (Å²) in [6.45, 7) is 2.70. The number of aryl methyl sites for hydroxylation is 1.